The lowest BCUT2D eigenvalue weighted by molar-refractivity contribution is 0.0600. The van der Waals surface area contributed by atoms with Crippen molar-refractivity contribution in [1.29, 1.82) is 0 Å². The molecule has 9 nitrogen and oxygen atoms in total. The molecule has 0 N–H and O–H groups in total. The summed E-state index contributed by atoms with van der Waals surface area (Å²) in [7, 11) is -1.96. The van der Waals surface area contributed by atoms with Crippen LogP contribution in [-0.2, 0) is 21.2 Å². The quantitative estimate of drug-likeness (QED) is 0.583. The number of benzene rings is 2. The van der Waals surface area contributed by atoms with Gasteiger partial charge in [-0.2, -0.15) is 4.68 Å². The van der Waals surface area contributed by atoms with Gasteiger partial charge in [0.25, 0.3) is 0 Å². The summed E-state index contributed by atoms with van der Waals surface area (Å²) >= 11 is 0. The number of carbonyl (C=O) groups is 1. The number of esters is 1. The summed E-state index contributed by atoms with van der Waals surface area (Å²) in [6.07, 6.45) is 1.14. The smallest absolute Gasteiger partial charge is 0.337 e. The predicted octanol–water partition coefficient (Wildman–Crippen LogP) is 1.43. The third-order valence-electron chi connectivity index (χ3n) is 3.69. The van der Waals surface area contributed by atoms with Gasteiger partial charge < -0.3 is 9.47 Å². The lowest BCUT2D eigenvalue weighted by Crippen LogP contribution is -2.07. The van der Waals surface area contributed by atoms with Crippen molar-refractivity contribution in [3.05, 3.63) is 59.9 Å². The van der Waals surface area contributed by atoms with Gasteiger partial charge in [0, 0.05) is 6.26 Å². The van der Waals surface area contributed by atoms with Crippen molar-refractivity contribution in [2.45, 2.75) is 11.5 Å². The molecule has 27 heavy (non-hydrogen) atoms. The van der Waals surface area contributed by atoms with Gasteiger partial charge in [-0.25, -0.2) is 13.2 Å². The maximum Gasteiger partial charge on any atom is 0.337 e. The average molecular weight is 388 g/mol. The Labute approximate surface area is 155 Å². The molecule has 0 radical (unpaired) electrons. The molecule has 1 heterocycles. The van der Waals surface area contributed by atoms with Crippen LogP contribution in [0.1, 0.15) is 16.2 Å². The summed E-state index contributed by atoms with van der Waals surface area (Å²) in [6, 6.07) is 12.7. The molecule has 0 fully saturated rings. The van der Waals surface area contributed by atoms with Gasteiger partial charge in [0.2, 0.25) is 0 Å². The number of methoxy groups -OCH3 is 1. The molecule has 1 aromatic heterocycles. The second-order valence-corrected chi connectivity index (χ2v) is 7.59. The van der Waals surface area contributed by atoms with Crippen LogP contribution in [0, 0.1) is 0 Å². The molecule has 0 bridgehead atoms. The van der Waals surface area contributed by atoms with Crippen LogP contribution >= 0.6 is 0 Å². The highest BCUT2D eigenvalue weighted by molar-refractivity contribution is 7.90. The molecule has 0 amide bonds. The van der Waals surface area contributed by atoms with E-state index in [1.165, 1.54) is 23.9 Å². The van der Waals surface area contributed by atoms with Gasteiger partial charge in [-0.15, -0.1) is 5.10 Å². The number of hydrogen-bond donors (Lipinski definition) is 0. The molecule has 0 spiro atoms. The first-order valence-electron chi connectivity index (χ1n) is 7.77. The molecule has 0 atom stereocenters. The Morgan fingerprint density at radius 1 is 1.07 bits per heavy atom. The summed E-state index contributed by atoms with van der Waals surface area (Å²) in [5.41, 5.74) is 1.02. The zero-order valence-electron chi connectivity index (χ0n) is 14.6. The summed E-state index contributed by atoms with van der Waals surface area (Å²) in [5.74, 6) is 0.534. The van der Waals surface area contributed by atoms with Gasteiger partial charge in [0.05, 0.1) is 23.3 Å². The van der Waals surface area contributed by atoms with Gasteiger partial charge in [-0.3, -0.25) is 0 Å². The van der Waals surface area contributed by atoms with Gasteiger partial charge >= 0.3 is 5.97 Å². The number of aromatic nitrogens is 4. The Balaban J connectivity index is 1.73. The third-order valence-corrected chi connectivity index (χ3v) is 4.82. The SMILES string of the molecule is COC(=O)c1ccc(OCc2nnnn2-c2ccc(S(C)(=O)=O)cc2)cc1. The lowest BCUT2D eigenvalue weighted by atomic mass is 10.2. The van der Waals surface area contributed by atoms with Crippen molar-refractivity contribution in [2.75, 3.05) is 13.4 Å². The van der Waals surface area contributed by atoms with Crippen molar-refractivity contribution in [2.24, 2.45) is 0 Å². The summed E-state index contributed by atoms with van der Waals surface area (Å²) in [4.78, 5) is 11.6. The minimum atomic E-state index is -3.27. The van der Waals surface area contributed by atoms with E-state index in [0.29, 0.717) is 22.8 Å². The van der Waals surface area contributed by atoms with E-state index in [1.54, 1.807) is 36.4 Å². The number of carbonyl (C=O) groups excluding carboxylic acids is 1. The summed E-state index contributed by atoms with van der Waals surface area (Å²) in [6.45, 7) is 0.0817. The highest BCUT2D eigenvalue weighted by Gasteiger charge is 2.12. The lowest BCUT2D eigenvalue weighted by Gasteiger charge is -2.08. The van der Waals surface area contributed by atoms with Crippen LogP contribution in [0.25, 0.3) is 5.69 Å². The van der Waals surface area contributed by atoms with Crippen LogP contribution in [0.4, 0.5) is 0 Å². The number of hydrogen-bond acceptors (Lipinski definition) is 8. The highest BCUT2D eigenvalue weighted by Crippen LogP contribution is 2.17. The first kappa shape index (κ1) is 18.5. The zero-order valence-corrected chi connectivity index (χ0v) is 15.4. The van der Waals surface area contributed by atoms with E-state index in [-0.39, 0.29) is 11.5 Å². The second-order valence-electron chi connectivity index (χ2n) is 5.58. The molecule has 0 saturated heterocycles. The maximum atomic E-state index is 11.5. The van der Waals surface area contributed by atoms with Crippen molar-refractivity contribution in [3.63, 3.8) is 0 Å². The van der Waals surface area contributed by atoms with Crippen molar-refractivity contribution < 1.29 is 22.7 Å². The Bertz CT molecular complexity index is 1040. The largest absolute Gasteiger partial charge is 0.486 e. The minimum Gasteiger partial charge on any atom is -0.486 e. The Kier molecular flexibility index (Phi) is 5.17. The number of sulfone groups is 1. The van der Waals surface area contributed by atoms with Gasteiger partial charge in [0.15, 0.2) is 15.7 Å². The highest BCUT2D eigenvalue weighted by atomic mass is 32.2. The number of tetrazole rings is 1. The zero-order chi connectivity index (χ0) is 19.4. The number of rotatable bonds is 6. The molecule has 10 heteroatoms. The van der Waals surface area contributed by atoms with E-state index in [9.17, 15) is 13.2 Å². The Morgan fingerprint density at radius 2 is 1.74 bits per heavy atom. The normalized spacial score (nSPS) is 11.2. The molecule has 0 aliphatic carbocycles. The molecule has 3 aromatic rings. The average Bonchev–Trinajstić information content (AvgIpc) is 3.14. The van der Waals surface area contributed by atoms with E-state index in [2.05, 4.69) is 20.3 Å². The molecular weight excluding hydrogens is 372 g/mol. The van der Waals surface area contributed by atoms with Crippen LogP contribution in [0.2, 0.25) is 0 Å². The van der Waals surface area contributed by atoms with Crippen LogP contribution in [0.5, 0.6) is 5.75 Å². The number of ether oxygens (including phenoxy) is 2. The number of nitrogens with zero attached hydrogens (tertiary/aromatic N) is 4. The molecular formula is C17H16N4O5S. The first-order chi connectivity index (χ1) is 12.9. The maximum absolute atomic E-state index is 11.5. The van der Waals surface area contributed by atoms with E-state index in [0.717, 1.165) is 6.26 Å². The van der Waals surface area contributed by atoms with Crippen LogP contribution in [0.3, 0.4) is 0 Å². The molecule has 0 saturated carbocycles. The second kappa shape index (κ2) is 7.54. The Hall–Kier alpha value is -3.27. The summed E-state index contributed by atoms with van der Waals surface area (Å²) in [5, 5.41) is 11.5. The van der Waals surface area contributed by atoms with Gasteiger partial charge in [-0.05, 0) is 59.0 Å². The van der Waals surface area contributed by atoms with Crippen LogP contribution in [-0.4, -0.2) is 48.0 Å². The van der Waals surface area contributed by atoms with E-state index in [4.69, 9.17) is 4.74 Å². The summed E-state index contributed by atoms with van der Waals surface area (Å²) < 4.78 is 34.8. The van der Waals surface area contributed by atoms with Crippen molar-refractivity contribution in [1.82, 2.24) is 20.2 Å². The third kappa shape index (κ3) is 4.29. The first-order valence-corrected chi connectivity index (χ1v) is 9.66. The van der Waals surface area contributed by atoms with E-state index < -0.39 is 15.8 Å². The fraction of sp³-hybridized carbons (Fsp3) is 0.176. The van der Waals surface area contributed by atoms with Crippen LogP contribution in [0.15, 0.2) is 53.4 Å². The monoisotopic (exact) mass is 388 g/mol. The molecule has 140 valence electrons. The van der Waals surface area contributed by atoms with Crippen molar-refractivity contribution >= 4 is 15.8 Å². The van der Waals surface area contributed by atoms with E-state index >= 15 is 0 Å². The van der Waals surface area contributed by atoms with E-state index in [1.807, 2.05) is 0 Å². The van der Waals surface area contributed by atoms with Gasteiger partial charge in [-0.1, -0.05) is 0 Å². The standard InChI is InChI=1S/C17H16N4O5S/c1-25-17(22)12-3-7-14(8-4-12)26-11-16-18-19-20-21(16)13-5-9-15(10-6-13)27(2,23)24/h3-10H,11H2,1-2H3. The Morgan fingerprint density at radius 3 is 2.33 bits per heavy atom. The topological polar surface area (TPSA) is 113 Å². The molecule has 0 aliphatic rings. The predicted molar refractivity (Wildman–Crippen MR) is 94.4 cm³/mol. The molecule has 0 aliphatic heterocycles. The molecule has 2 aromatic carbocycles. The van der Waals surface area contributed by atoms with Crippen LogP contribution < -0.4 is 4.74 Å². The molecule has 0 unspecified atom stereocenters. The van der Waals surface area contributed by atoms with Gasteiger partial charge in [0.1, 0.15) is 12.4 Å². The fourth-order valence-corrected chi connectivity index (χ4v) is 2.91. The fourth-order valence-electron chi connectivity index (χ4n) is 2.28. The molecule has 3 rings (SSSR count). The minimum absolute atomic E-state index is 0.0817. The van der Waals surface area contributed by atoms with Crippen molar-refractivity contribution in [3.8, 4) is 11.4 Å².